The minimum absolute atomic E-state index is 0.362. The predicted molar refractivity (Wildman–Crippen MR) is 125 cm³/mol. The monoisotopic (exact) mass is 428 g/mol. The first-order chi connectivity index (χ1) is 15.2. The Bertz CT molecular complexity index is 1250. The standard InChI is InChI=1S/C26H24N2O2S/c29-25(30)22-12-5-4-9-21(22)17-31-26-27-23-15-19-10-6-11-20(19)16-24(23)28(26)14-13-18-7-2-1-3-8-18/h1-5,7-9,12,15-16H,6,10-11,13-14,17H2,(H,29,30). The average molecular weight is 429 g/mol. The largest absolute Gasteiger partial charge is 0.478 e. The fraction of sp³-hybridized carbons (Fsp3) is 0.231. The number of aromatic nitrogens is 2. The van der Waals surface area contributed by atoms with Crippen LogP contribution in [0.4, 0.5) is 0 Å². The third kappa shape index (κ3) is 4.10. The number of carbonyl (C=O) groups is 1. The average Bonchev–Trinajstić information content (AvgIpc) is 3.38. The maximum atomic E-state index is 11.6. The van der Waals surface area contributed by atoms with Gasteiger partial charge in [0.15, 0.2) is 5.16 Å². The van der Waals surface area contributed by atoms with Crippen LogP contribution in [-0.4, -0.2) is 20.6 Å². The molecular formula is C26H24N2O2S. The number of hydrogen-bond donors (Lipinski definition) is 1. The number of hydrogen-bond acceptors (Lipinski definition) is 3. The van der Waals surface area contributed by atoms with Gasteiger partial charge in [-0.3, -0.25) is 0 Å². The van der Waals surface area contributed by atoms with E-state index in [0.717, 1.165) is 42.0 Å². The molecular weight excluding hydrogens is 404 g/mol. The molecule has 0 atom stereocenters. The van der Waals surface area contributed by atoms with Crippen LogP contribution in [0.25, 0.3) is 11.0 Å². The molecule has 3 aromatic carbocycles. The summed E-state index contributed by atoms with van der Waals surface area (Å²) in [5, 5.41) is 10.5. The molecule has 1 heterocycles. The molecule has 5 heteroatoms. The van der Waals surface area contributed by atoms with Crippen LogP contribution in [0.1, 0.15) is 39.0 Å². The van der Waals surface area contributed by atoms with E-state index in [0.29, 0.717) is 11.3 Å². The Labute approximate surface area is 185 Å². The van der Waals surface area contributed by atoms with Crippen LogP contribution in [0.2, 0.25) is 0 Å². The van der Waals surface area contributed by atoms with Crippen LogP contribution >= 0.6 is 11.8 Å². The molecule has 0 spiro atoms. The lowest BCUT2D eigenvalue weighted by Crippen LogP contribution is -2.04. The van der Waals surface area contributed by atoms with E-state index in [4.69, 9.17) is 4.98 Å². The zero-order valence-corrected chi connectivity index (χ0v) is 18.1. The highest BCUT2D eigenvalue weighted by Gasteiger charge is 2.18. The quantitative estimate of drug-likeness (QED) is 0.380. The first-order valence-corrected chi connectivity index (χ1v) is 11.7. The first kappa shape index (κ1) is 19.9. The van der Waals surface area contributed by atoms with Gasteiger partial charge in [-0.2, -0.15) is 0 Å². The Morgan fingerprint density at radius 3 is 2.55 bits per heavy atom. The Hall–Kier alpha value is -3.05. The number of imidazole rings is 1. The second kappa shape index (κ2) is 8.60. The van der Waals surface area contributed by atoms with Gasteiger partial charge in [-0.25, -0.2) is 9.78 Å². The molecule has 31 heavy (non-hydrogen) atoms. The lowest BCUT2D eigenvalue weighted by molar-refractivity contribution is 0.0696. The summed E-state index contributed by atoms with van der Waals surface area (Å²) in [6, 6.07) is 22.3. The summed E-state index contributed by atoms with van der Waals surface area (Å²) in [5.74, 6) is -0.304. The summed E-state index contributed by atoms with van der Waals surface area (Å²) in [4.78, 5) is 16.6. The normalized spacial score (nSPS) is 12.9. The molecule has 0 amide bonds. The predicted octanol–water partition coefficient (Wildman–Crippen LogP) is 5.76. The maximum Gasteiger partial charge on any atom is 0.335 e. The summed E-state index contributed by atoms with van der Waals surface area (Å²) in [5.41, 5.74) is 7.59. The number of aryl methyl sites for hydroxylation is 4. The summed E-state index contributed by atoms with van der Waals surface area (Å²) < 4.78 is 2.31. The molecule has 5 rings (SSSR count). The summed E-state index contributed by atoms with van der Waals surface area (Å²) in [6.07, 6.45) is 4.43. The van der Waals surface area contributed by atoms with E-state index in [1.54, 1.807) is 23.9 Å². The van der Waals surface area contributed by atoms with Crippen molar-refractivity contribution in [2.75, 3.05) is 0 Å². The smallest absolute Gasteiger partial charge is 0.335 e. The lowest BCUT2D eigenvalue weighted by atomic mass is 10.1. The summed E-state index contributed by atoms with van der Waals surface area (Å²) >= 11 is 1.62. The van der Waals surface area contributed by atoms with Crippen molar-refractivity contribution >= 4 is 28.8 Å². The highest BCUT2D eigenvalue weighted by molar-refractivity contribution is 7.98. The summed E-state index contributed by atoms with van der Waals surface area (Å²) in [6.45, 7) is 0.849. The molecule has 0 fully saturated rings. The van der Waals surface area contributed by atoms with Gasteiger partial charge in [0.2, 0.25) is 0 Å². The number of benzene rings is 3. The minimum atomic E-state index is -0.884. The van der Waals surface area contributed by atoms with Crippen molar-refractivity contribution in [2.45, 2.75) is 43.1 Å². The van der Waals surface area contributed by atoms with Crippen molar-refractivity contribution < 1.29 is 9.90 Å². The van der Waals surface area contributed by atoms with Gasteiger partial charge in [-0.05, 0) is 66.1 Å². The molecule has 1 aliphatic carbocycles. The van der Waals surface area contributed by atoms with E-state index in [9.17, 15) is 9.90 Å². The van der Waals surface area contributed by atoms with Gasteiger partial charge >= 0.3 is 5.97 Å². The van der Waals surface area contributed by atoms with Gasteiger partial charge in [0, 0.05) is 12.3 Å². The van der Waals surface area contributed by atoms with Crippen molar-refractivity contribution in [2.24, 2.45) is 0 Å². The van der Waals surface area contributed by atoms with Crippen molar-refractivity contribution in [1.29, 1.82) is 0 Å². The topological polar surface area (TPSA) is 55.1 Å². The van der Waals surface area contributed by atoms with Gasteiger partial charge in [0.05, 0.1) is 16.6 Å². The fourth-order valence-electron chi connectivity index (χ4n) is 4.38. The fourth-order valence-corrected chi connectivity index (χ4v) is 5.42. The number of nitrogens with zero attached hydrogens (tertiary/aromatic N) is 2. The van der Waals surface area contributed by atoms with Crippen molar-refractivity contribution in [1.82, 2.24) is 9.55 Å². The third-order valence-electron chi connectivity index (χ3n) is 6.00. The van der Waals surface area contributed by atoms with Gasteiger partial charge in [-0.1, -0.05) is 60.3 Å². The van der Waals surface area contributed by atoms with Crippen LogP contribution in [0.3, 0.4) is 0 Å². The molecule has 4 nitrogen and oxygen atoms in total. The van der Waals surface area contributed by atoms with Crippen LogP contribution in [0.15, 0.2) is 71.9 Å². The summed E-state index contributed by atoms with van der Waals surface area (Å²) in [7, 11) is 0. The van der Waals surface area contributed by atoms with E-state index in [-0.39, 0.29) is 0 Å². The lowest BCUT2D eigenvalue weighted by Gasteiger charge is -2.11. The van der Waals surface area contributed by atoms with Gasteiger partial charge < -0.3 is 9.67 Å². The number of carboxylic acid groups (broad SMARTS) is 1. The molecule has 1 aromatic heterocycles. The maximum absolute atomic E-state index is 11.6. The van der Waals surface area contributed by atoms with Gasteiger partial charge in [0.1, 0.15) is 0 Å². The molecule has 4 aromatic rings. The first-order valence-electron chi connectivity index (χ1n) is 10.7. The second-order valence-corrected chi connectivity index (χ2v) is 8.94. The number of carboxylic acids is 1. The molecule has 1 aliphatic rings. The molecule has 0 aliphatic heterocycles. The number of thioether (sulfide) groups is 1. The van der Waals surface area contributed by atoms with E-state index in [1.165, 1.54) is 28.6 Å². The van der Waals surface area contributed by atoms with Crippen LogP contribution in [-0.2, 0) is 31.6 Å². The third-order valence-corrected chi connectivity index (χ3v) is 7.02. The zero-order valence-electron chi connectivity index (χ0n) is 17.3. The van der Waals surface area contributed by atoms with E-state index >= 15 is 0 Å². The second-order valence-electron chi connectivity index (χ2n) is 8.00. The van der Waals surface area contributed by atoms with E-state index in [1.807, 2.05) is 18.2 Å². The van der Waals surface area contributed by atoms with Crippen LogP contribution in [0.5, 0.6) is 0 Å². The van der Waals surface area contributed by atoms with E-state index < -0.39 is 5.97 Å². The minimum Gasteiger partial charge on any atom is -0.478 e. The van der Waals surface area contributed by atoms with Crippen molar-refractivity contribution in [3.63, 3.8) is 0 Å². The zero-order chi connectivity index (χ0) is 21.2. The van der Waals surface area contributed by atoms with Gasteiger partial charge in [-0.15, -0.1) is 0 Å². The molecule has 1 N–H and O–H groups in total. The molecule has 0 bridgehead atoms. The number of aromatic carboxylic acids is 1. The molecule has 156 valence electrons. The highest BCUT2D eigenvalue weighted by atomic mass is 32.2. The van der Waals surface area contributed by atoms with E-state index in [2.05, 4.69) is 41.0 Å². The Balaban J connectivity index is 1.48. The Morgan fingerprint density at radius 2 is 1.74 bits per heavy atom. The van der Waals surface area contributed by atoms with Crippen molar-refractivity contribution in [3.8, 4) is 0 Å². The van der Waals surface area contributed by atoms with Crippen molar-refractivity contribution in [3.05, 3.63) is 94.5 Å². The number of rotatable bonds is 7. The van der Waals surface area contributed by atoms with Crippen LogP contribution < -0.4 is 0 Å². The number of fused-ring (bicyclic) bond motifs is 2. The SMILES string of the molecule is O=C(O)c1ccccc1CSc1nc2cc3c(cc2n1CCc1ccccc1)CCC3. The molecule has 0 saturated carbocycles. The van der Waals surface area contributed by atoms with Crippen LogP contribution in [0, 0.1) is 0 Å². The Morgan fingerprint density at radius 1 is 1.00 bits per heavy atom. The molecule has 0 unspecified atom stereocenters. The Kier molecular flexibility index (Phi) is 5.51. The highest BCUT2D eigenvalue weighted by Crippen LogP contribution is 2.32. The van der Waals surface area contributed by atoms with Gasteiger partial charge in [0.25, 0.3) is 0 Å². The molecule has 0 radical (unpaired) electrons. The molecule has 0 saturated heterocycles.